The summed E-state index contributed by atoms with van der Waals surface area (Å²) < 4.78 is 28.4. The first-order valence-corrected chi connectivity index (χ1v) is 7.76. The van der Waals surface area contributed by atoms with Crippen LogP contribution in [0.4, 0.5) is 8.78 Å². The first-order valence-electron chi connectivity index (χ1n) is 7.76. The van der Waals surface area contributed by atoms with Crippen molar-refractivity contribution in [3.63, 3.8) is 0 Å². The number of hydrogen-bond acceptors (Lipinski definition) is 3. The molecule has 0 saturated carbocycles. The van der Waals surface area contributed by atoms with E-state index in [1.54, 1.807) is 17.1 Å². The fourth-order valence-electron chi connectivity index (χ4n) is 2.80. The predicted octanol–water partition coefficient (Wildman–Crippen LogP) is 3.90. The quantitative estimate of drug-likeness (QED) is 0.570. The summed E-state index contributed by atoms with van der Waals surface area (Å²) >= 11 is 0. The SMILES string of the molecule is Cn1cc(-c2cnc3ccc(Cc4cc(F)cc(F)c4)nc3c2)cn1. The van der Waals surface area contributed by atoms with E-state index < -0.39 is 11.6 Å². The lowest BCUT2D eigenvalue weighted by Gasteiger charge is -2.05. The number of aryl methyl sites for hydroxylation is 1. The third-order valence-electron chi connectivity index (χ3n) is 3.94. The molecule has 0 N–H and O–H groups in total. The summed E-state index contributed by atoms with van der Waals surface area (Å²) in [5.74, 6) is -1.17. The van der Waals surface area contributed by atoms with Crippen LogP contribution < -0.4 is 0 Å². The molecule has 124 valence electrons. The van der Waals surface area contributed by atoms with E-state index in [2.05, 4.69) is 15.1 Å². The maximum atomic E-state index is 13.3. The Morgan fingerprint density at radius 1 is 0.920 bits per heavy atom. The Kier molecular flexibility index (Phi) is 3.72. The molecular formula is C19H14F2N4. The van der Waals surface area contributed by atoms with Gasteiger partial charge in [0.05, 0.1) is 17.2 Å². The number of fused-ring (bicyclic) bond motifs is 1. The van der Waals surface area contributed by atoms with Crippen molar-refractivity contribution in [2.45, 2.75) is 6.42 Å². The van der Waals surface area contributed by atoms with Gasteiger partial charge >= 0.3 is 0 Å². The van der Waals surface area contributed by atoms with E-state index in [-0.39, 0.29) is 0 Å². The number of hydrogen-bond donors (Lipinski definition) is 0. The van der Waals surface area contributed by atoms with Crippen LogP contribution in [0.2, 0.25) is 0 Å². The van der Waals surface area contributed by atoms with E-state index in [9.17, 15) is 8.78 Å². The zero-order valence-electron chi connectivity index (χ0n) is 13.4. The van der Waals surface area contributed by atoms with Crippen molar-refractivity contribution in [3.8, 4) is 11.1 Å². The summed E-state index contributed by atoms with van der Waals surface area (Å²) in [5.41, 5.74) is 4.64. The highest BCUT2D eigenvalue weighted by molar-refractivity contribution is 5.80. The molecule has 0 unspecified atom stereocenters. The molecule has 3 aromatic heterocycles. The van der Waals surface area contributed by atoms with Crippen LogP contribution in [0.1, 0.15) is 11.3 Å². The normalized spacial score (nSPS) is 11.2. The van der Waals surface area contributed by atoms with Crippen molar-refractivity contribution in [2.24, 2.45) is 7.05 Å². The molecule has 0 aliphatic rings. The first kappa shape index (κ1) is 15.4. The van der Waals surface area contributed by atoms with E-state index in [1.807, 2.05) is 31.4 Å². The Morgan fingerprint density at radius 2 is 1.72 bits per heavy atom. The minimum atomic E-state index is -0.587. The molecule has 4 rings (SSSR count). The van der Waals surface area contributed by atoms with Gasteiger partial charge < -0.3 is 0 Å². The average molecular weight is 336 g/mol. The monoisotopic (exact) mass is 336 g/mol. The van der Waals surface area contributed by atoms with Crippen molar-refractivity contribution in [2.75, 3.05) is 0 Å². The molecule has 0 aliphatic carbocycles. The van der Waals surface area contributed by atoms with Gasteiger partial charge in [-0.15, -0.1) is 0 Å². The van der Waals surface area contributed by atoms with Crippen molar-refractivity contribution < 1.29 is 8.78 Å². The third-order valence-corrected chi connectivity index (χ3v) is 3.94. The maximum Gasteiger partial charge on any atom is 0.126 e. The highest BCUT2D eigenvalue weighted by Crippen LogP contribution is 2.22. The molecule has 0 amide bonds. The van der Waals surface area contributed by atoms with Crippen LogP contribution in [0.5, 0.6) is 0 Å². The average Bonchev–Trinajstić information content (AvgIpc) is 3.00. The van der Waals surface area contributed by atoms with Gasteiger partial charge in [-0.2, -0.15) is 5.10 Å². The molecular weight excluding hydrogens is 322 g/mol. The van der Waals surface area contributed by atoms with Crippen molar-refractivity contribution >= 4 is 11.0 Å². The smallest absolute Gasteiger partial charge is 0.126 e. The zero-order chi connectivity index (χ0) is 17.4. The van der Waals surface area contributed by atoms with Crippen LogP contribution >= 0.6 is 0 Å². The lowest BCUT2D eigenvalue weighted by molar-refractivity contribution is 0.580. The third kappa shape index (κ3) is 3.24. The van der Waals surface area contributed by atoms with Crippen molar-refractivity contribution in [1.82, 2.24) is 19.7 Å². The number of aromatic nitrogens is 4. The topological polar surface area (TPSA) is 43.6 Å². The second kappa shape index (κ2) is 6.05. The molecule has 3 heterocycles. The zero-order valence-corrected chi connectivity index (χ0v) is 13.4. The lowest BCUT2D eigenvalue weighted by Crippen LogP contribution is -1.95. The number of halogens is 2. The van der Waals surface area contributed by atoms with Gasteiger partial charge in [0.2, 0.25) is 0 Å². The fourth-order valence-corrected chi connectivity index (χ4v) is 2.80. The molecule has 1 aromatic carbocycles. The number of rotatable bonds is 3. The fraction of sp³-hybridized carbons (Fsp3) is 0.105. The Hall–Kier alpha value is -3.15. The molecule has 0 aliphatic heterocycles. The number of benzene rings is 1. The summed E-state index contributed by atoms with van der Waals surface area (Å²) in [6.07, 6.45) is 5.80. The van der Waals surface area contributed by atoms with Crippen molar-refractivity contribution in [1.29, 1.82) is 0 Å². The highest BCUT2D eigenvalue weighted by Gasteiger charge is 2.07. The van der Waals surface area contributed by atoms with E-state index >= 15 is 0 Å². The Labute approximate surface area is 142 Å². The Balaban J connectivity index is 1.70. The maximum absolute atomic E-state index is 13.3. The Bertz CT molecular complexity index is 1050. The molecule has 0 saturated heterocycles. The van der Waals surface area contributed by atoms with Crippen LogP contribution in [0, 0.1) is 11.6 Å². The largest absolute Gasteiger partial charge is 0.275 e. The first-order chi connectivity index (χ1) is 12.1. The van der Waals surface area contributed by atoms with Crippen molar-refractivity contribution in [3.05, 3.63) is 77.9 Å². The standard InChI is InChI=1S/C19H14F2N4/c1-25-11-14(10-23-25)13-7-19-18(22-9-13)3-2-17(24-19)6-12-4-15(20)8-16(21)5-12/h2-5,7-11H,6H2,1H3. The van der Waals surface area contributed by atoms with Gasteiger partial charge in [-0.3, -0.25) is 14.6 Å². The second-order valence-corrected chi connectivity index (χ2v) is 5.92. The minimum Gasteiger partial charge on any atom is -0.275 e. The van der Waals surface area contributed by atoms with Gasteiger partial charge in [0, 0.05) is 48.7 Å². The summed E-state index contributed by atoms with van der Waals surface area (Å²) in [7, 11) is 1.85. The van der Waals surface area contributed by atoms with Crippen LogP contribution in [-0.2, 0) is 13.5 Å². The molecule has 0 bridgehead atoms. The second-order valence-electron chi connectivity index (χ2n) is 5.92. The number of nitrogens with zero attached hydrogens (tertiary/aromatic N) is 4. The van der Waals surface area contributed by atoms with Crippen LogP contribution in [-0.4, -0.2) is 19.7 Å². The molecule has 6 heteroatoms. The van der Waals surface area contributed by atoms with Gasteiger partial charge in [0.15, 0.2) is 0 Å². The van der Waals surface area contributed by atoms with Gasteiger partial charge in [-0.25, -0.2) is 8.78 Å². The van der Waals surface area contributed by atoms with Gasteiger partial charge in [-0.05, 0) is 35.9 Å². The molecule has 25 heavy (non-hydrogen) atoms. The highest BCUT2D eigenvalue weighted by atomic mass is 19.1. The summed E-state index contributed by atoms with van der Waals surface area (Å²) in [6.45, 7) is 0. The van der Waals surface area contributed by atoms with Crippen LogP contribution in [0.25, 0.3) is 22.2 Å². The van der Waals surface area contributed by atoms with E-state index in [0.29, 0.717) is 12.0 Å². The molecule has 0 radical (unpaired) electrons. The Morgan fingerprint density at radius 3 is 2.44 bits per heavy atom. The number of pyridine rings is 2. The molecule has 0 atom stereocenters. The molecule has 4 nitrogen and oxygen atoms in total. The molecule has 0 spiro atoms. The van der Waals surface area contributed by atoms with E-state index in [4.69, 9.17) is 0 Å². The molecule has 4 aromatic rings. The van der Waals surface area contributed by atoms with E-state index in [0.717, 1.165) is 33.9 Å². The summed E-state index contributed by atoms with van der Waals surface area (Å²) in [6, 6.07) is 9.12. The lowest BCUT2D eigenvalue weighted by atomic mass is 10.1. The minimum absolute atomic E-state index is 0.349. The van der Waals surface area contributed by atoms with E-state index in [1.165, 1.54) is 12.1 Å². The van der Waals surface area contributed by atoms with Gasteiger partial charge in [0.25, 0.3) is 0 Å². The van der Waals surface area contributed by atoms with Crippen LogP contribution in [0.15, 0.2) is 55.0 Å². The summed E-state index contributed by atoms with van der Waals surface area (Å²) in [5, 5.41) is 4.16. The van der Waals surface area contributed by atoms with Gasteiger partial charge in [-0.1, -0.05) is 0 Å². The van der Waals surface area contributed by atoms with Gasteiger partial charge in [0.1, 0.15) is 11.6 Å². The predicted molar refractivity (Wildman–Crippen MR) is 90.9 cm³/mol. The molecule has 0 fully saturated rings. The van der Waals surface area contributed by atoms with Crippen LogP contribution in [0.3, 0.4) is 0 Å². The summed E-state index contributed by atoms with van der Waals surface area (Å²) in [4.78, 5) is 9.01.